The zero-order valence-electron chi connectivity index (χ0n) is 24.1. The standard InChI is InChI=1S/C29H37N9O2/c1-28(2,3)23-20-14-17(21-10-13-31-27(35-21)33-18-15-32-38(7)16-18)8-9-19(20)22(11-12-30-23)34-24(39)25-36-37-26(40-25)29(4,5)6/h8-10,13-16,22-23,30H,11-12H2,1-7H3,(H,34,39)(H,31,33,35)/t22?,23-/m0/s1. The Morgan fingerprint density at radius 1 is 1.10 bits per heavy atom. The summed E-state index contributed by atoms with van der Waals surface area (Å²) in [4.78, 5) is 22.3. The Kier molecular flexibility index (Phi) is 7.17. The van der Waals surface area contributed by atoms with Gasteiger partial charge in [-0.3, -0.25) is 9.48 Å². The topological polar surface area (TPSA) is 136 Å². The molecular formula is C29H37N9O2. The zero-order valence-corrected chi connectivity index (χ0v) is 24.1. The van der Waals surface area contributed by atoms with Crippen molar-refractivity contribution in [2.24, 2.45) is 12.5 Å². The van der Waals surface area contributed by atoms with Gasteiger partial charge in [-0.2, -0.15) is 5.10 Å². The van der Waals surface area contributed by atoms with Crippen molar-refractivity contribution in [3.8, 4) is 11.3 Å². The molecule has 11 nitrogen and oxygen atoms in total. The average molecular weight is 544 g/mol. The molecule has 0 radical (unpaired) electrons. The number of benzene rings is 1. The molecule has 1 aliphatic rings. The predicted molar refractivity (Wildman–Crippen MR) is 152 cm³/mol. The Balaban J connectivity index is 1.47. The lowest BCUT2D eigenvalue weighted by atomic mass is 9.79. The zero-order chi connectivity index (χ0) is 28.7. The maximum absolute atomic E-state index is 13.2. The quantitative estimate of drug-likeness (QED) is 0.323. The first-order valence-electron chi connectivity index (χ1n) is 13.5. The minimum absolute atomic E-state index is 0.0256. The van der Waals surface area contributed by atoms with Gasteiger partial charge in [-0.1, -0.05) is 53.7 Å². The molecule has 0 aliphatic carbocycles. The van der Waals surface area contributed by atoms with E-state index in [2.05, 4.69) is 69.1 Å². The number of anilines is 2. The molecule has 1 aliphatic heterocycles. The molecule has 5 rings (SSSR count). The summed E-state index contributed by atoms with van der Waals surface area (Å²) in [5.74, 6) is 0.520. The second kappa shape index (κ2) is 10.5. The van der Waals surface area contributed by atoms with Gasteiger partial charge in [0, 0.05) is 36.5 Å². The summed E-state index contributed by atoms with van der Waals surface area (Å²) < 4.78 is 7.42. The highest BCUT2D eigenvalue weighted by Gasteiger charge is 2.34. The lowest BCUT2D eigenvalue weighted by Crippen LogP contribution is -2.32. The van der Waals surface area contributed by atoms with Gasteiger partial charge in [-0.15, -0.1) is 10.2 Å². The summed E-state index contributed by atoms with van der Waals surface area (Å²) >= 11 is 0. The van der Waals surface area contributed by atoms with Crippen molar-refractivity contribution in [1.29, 1.82) is 0 Å². The molecule has 1 amide bonds. The highest BCUT2D eigenvalue weighted by molar-refractivity contribution is 5.89. The summed E-state index contributed by atoms with van der Waals surface area (Å²) in [6, 6.07) is 8.04. The third kappa shape index (κ3) is 5.89. The number of amides is 1. The van der Waals surface area contributed by atoms with E-state index >= 15 is 0 Å². The molecule has 4 heterocycles. The highest BCUT2D eigenvalue weighted by atomic mass is 16.4. The van der Waals surface area contributed by atoms with Crippen molar-refractivity contribution >= 4 is 17.5 Å². The molecular weight excluding hydrogens is 506 g/mol. The third-order valence-corrected chi connectivity index (χ3v) is 6.90. The van der Waals surface area contributed by atoms with Crippen molar-refractivity contribution in [1.82, 2.24) is 40.6 Å². The Bertz CT molecular complexity index is 1510. The fourth-order valence-electron chi connectivity index (χ4n) is 4.89. The smallest absolute Gasteiger partial charge is 0.309 e. The van der Waals surface area contributed by atoms with Crippen LogP contribution in [0, 0.1) is 5.41 Å². The van der Waals surface area contributed by atoms with Crippen LogP contribution in [0.4, 0.5) is 11.6 Å². The van der Waals surface area contributed by atoms with E-state index in [-0.39, 0.29) is 34.7 Å². The fraction of sp³-hybridized carbons (Fsp3) is 0.448. The normalized spacial score (nSPS) is 17.7. The van der Waals surface area contributed by atoms with Crippen LogP contribution in [0.15, 0.2) is 47.3 Å². The average Bonchev–Trinajstić information content (AvgIpc) is 3.50. The SMILES string of the molecule is Cn1cc(Nc2nccc(-c3ccc4c(c3)[C@@H](C(C)(C)C)NCCC4NC(=O)c3nnc(C(C)(C)C)o3)n2)cn1. The summed E-state index contributed by atoms with van der Waals surface area (Å²) in [5.41, 5.74) is 4.34. The van der Waals surface area contributed by atoms with E-state index in [1.165, 1.54) is 0 Å². The maximum Gasteiger partial charge on any atom is 0.309 e. The summed E-state index contributed by atoms with van der Waals surface area (Å²) in [6.07, 6.45) is 6.05. The van der Waals surface area contributed by atoms with Crippen LogP contribution in [0.2, 0.25) is 0 Å². The number of fused-ring (bicyclic) bond motifs is 1. The van der Waals surface area contributed by atoms with Crippen molar-refractivity contribution in [3.63, 3.8) is 0 Å². The Morgan fingerprint density at radius 3 is 2.58 bits per heavy atom. The number of hydrogen-bond acceptors (Lipinski definition) is 9. The minimum Gasteiger partial charge on any atom is -0.416 e. The molecule has 4 aromatic rings. The van der Waals surface area contributed by atoms with Crippen LogP contribution < -0.4 is 16.0 Å². The van der Waals surface area contributed by atoms with Gasteiger partial charge in [0.05, 0.1) is 23.6 Å². The molecule has 0 saturated carbocycles. The molecule has 0 saturated heterocycles. The molecule has 0 bridgehead atoms. The Morgan fingerprint density at radius 2 is 1.90 bits per heavy atom. The van der Waals surface area contributed by atoms with Gasteiger partial charge < -0.3 is 20.4 Å². The van der Waals surface area contributed by atoms with Crippen molar-refractivity contribution in [3.05, 3.63) is 65.8 Å². The van der Waals surface area contributed by atoms with E-state index in [1.807, 2.05) is 46.1 Å². The van der Waals surface area contributed by atoms with Crippen molar-refractivity contribution in [2.75, 3.05) is 11.9 Å². The van der Waals surface area contributed by atoms with Crippen LogP contribution in [-0.2, 0) is 12.5 Å². The number of rotatable bonds is 5. The van der Waals surface area contributed by atoms with Gasteiger partial charge in [-0.05, 0) is 41.6 Å². The number of aromatic nitrogens is 6. The second-order valence-corrected chi connectivity index (χ2v) is 12.4. The summed E-state index contributed by atoms with van der Waals surface area (Å²) in [6.45, 7) is 13.3. The molecule has 3 N–H and O–H groups in total. The van der Waals surface area contributed by atoms with Crippen LogP contribution in [0.1, 0.15) is 87.7 Å². The van der Waals surface area contributed by atoms with Gasteiger partial charge >= 0.3 is 11.8 Å². The van der Waals surface area contributed by atoms with Gasteiger partial charge in [0.15, 0.2) is 0 Å². The first-order chi connectivity index (χ1) is 18.9. The maximum atomic E-state index is 13.2. The monoisotopic (exact) mass is 543 g/mol. The number of hydrogen-bond donors (Lipinski definition) is 3. The van der Waals surface area contributed by atoms with E-state index in [1.54, 1.807) is 17.1 Å². The first-order valence-corrected chi connectivity index (χ1v) is 13.5. The molecule has 210 valence electrons. The minimum atomic E-state index is -0.376. The molecule has 11 heteroatoms. The van der Waals surface area contributed by atoms with Crippen LogP contribution >= 0.6 is 0 Å². The lowest BCUT2D eigenvalue weighted by Gasteiger charge is -2.32. The van der Waals surface area contributed by atoms with E-state index in [0.29, 0.717) is 11.8 Å². The van der Waals surface area contributed by atoms with Gasteiger partial charge in [0.2, 0.25) is 11.8 Å². The van der Waals surface area contributed by atoms with Gasteiger partial charge in [0.25, 0.3) is 0 Å². The van der Waals surface area contributed by atoms with E-state index < -0.39 is 0 Å². The van der Waals surface area contributed by atoms with Gasteiger partial charge in [0.1, 0.15) is 0 Å². The molecule has 3 aromatic heterocycles. The third-order valence-electron chi connectivity index (χ3n) is 6.90. The van der Waals surface area contributed by atoms with E-state index in [9.17, 15) is 4.79 Å². The van der Waals surface area contributed by atoms with Crippen LogP contribution in [0.25, 0.3) is 11.3 Å². The number of carbonyl (C=O) groups excluding carboxylic acids is 1. The van der Waals surface area contributed by atoms with Crippen molar-refractivity contribution in [2.45, 2.75) is 65.5 Å². The molecule has 1 unspecified atom stereocenters. The first kappa shape index (κ1) is 27.4. The van der Waals surface area contributed by atoms with Crippen LogP contribution in [0.3, 0.4) is 0 Å². The Labute approximate surface area is 234 Å². The van der Waals surface area contributed by atoms with E-state index in [4.69, 9.17) is 9.40 Å². The second-order valence-electron chi connectivity index (χ2n) is 12.4. The lowest BCUT2D eigenvalue weighted by molar-refractivity contribution is 0.0896. The molecule has 1 aromatic carbocycles. The van der Waals surface area contributed by atoms with Gasteiger partial charge in [-0.25, -0.2) is 9.97 Å². The summed E-state index contributed by atoms with van der Waals surface area (Å²) in [5, 5.41) is 22.3. The van der Waals surface area contributed by atoms with Crippen LogP contribution in [-0.4, -0.2) is 42.4 Å². The number of nitrogens with one attached hydrogen (secondary N) is 3. The molecule has 2 atom stereocenters. The number of nitrogens with zero attached hydrogens (tertiary/aromatic N) is 6. The van der Waals surface area contributed by atoms with Crippen LogP contribution in [0.5, 0.6) is 0 Å². The number of carbonyl (C=O) groups is 1. The van der Waals surface area contributed by atoms with E-state index in [0.717, 1.165) is 41.0 Å². The largest absolute Gasteiger partial charge is 0.416 e. The predicted octanol–water partition coefficient (Wildman–Crippen LogP) is 4.85. The molecule has 0 spiro atoms. The van der Waals surface area contributed by atoms with Crippen molar-refractivity contribution < 1.29 is 9.21 Å². The fourth-order valence-corrected chi connectivity index (χ4v) is 4.89. The Hall–Kier alpha value is -4.12. The number of aryl methyl sites for hydroxylation is 1. The molecule has 0 fully saturated rings. The summed E-state index contributed by atoms with van der Waals surface area (Å²) in [7, 11) is 1.86. The highest BCUT2D eigenvalue weighted by Crippen LogP contribution is 2.40. The molecule has 40 heavy (non-hydrogen) atoms.